The standard InChI is InChI=1S/C8H14N4S/c1-5(9)7-10-8(12-11-7)6-3-2-4-13-6/h5-6H,2-4,9H2,1H3,(H,10,11,12). The molecule has 1 aliphatic heterocycles. The first-order valence-corrected chi connectivity index (χ1v) is 5.61. The lowest BCUT2D eigenvalue weighted by Crippen LogP contribution is -2.07. The van der Waals surface area contributed by atoms with Crippen molar-refractivity contribution in [2.24, 2.45) is 5.73 Å². The predicted octanol–water partition coefficient (Wildman–Crippen LogP) is 1.39. The van der Waals surface area contributed by atoms with Crippen LogP contribution in [0.1, 0.15) is 42.7 Å². The normalized spacial score (nSPS) is 24.9. The van der Waals surface area contributed by atoms with E-state index in [1.807, 2.05) is 18.7 Å². The van der Waals surface area contributed by atoms with Crippen molar-refractivity contribution in [1.82, 2.24) is 15.2 Å². The minimum Gasteiger partial charge on any atom is -0.321 e. The van der Waals surface area contributed by atoms with Gasteiger partial charge in [0.1, 0.15) is 5.82 Å². The molecule has 0 saturated carbocycles. The summed E-state index contributed by atoms with van der Waals surface area (Å²) in [6.07, 6.45) is 2.49. The Bertz CT molecular complexity index is 277. The van der Waals surface area contributed by atoms with Gasteiger partial charge < -0.3 is 5.73 Å². The van der Waals surface area contributed by atoms with Gasteiger partial charge >= 0.3 is 0 Å². The molecule has 0 radical (unpaired) electrons. The Kier molecular flexibility index (Phi) is 2.55. The van der Waals surface area contributed by atoms with Crippen LogP contribution in [0.5, 0.6) is 0 Å². The highest BCUT2D eigenvalue weighted by atomic mass is 32.2. The van der Waals surface area contributed by atoms with Crippen LogP contribution in [0.4, 0.5) is 0 Å². The van der Waals surface area contributed by atoms with Crippen molar-refractivity contribution in [3.63, 3.8) is 0 Å². The molecule has 13 heavy (non-hydrogen) atoms. The van der Waals surface area contributed by atoms with Gasteiger partial charge in [-0.15, -0.1) is 0 Å². The second-order valence-corrected chi connectivity index (χ2v) is 4.68. The van der Waals surface area contributed by atoms with E-state index >= 15 is 0 Å². The average molecular weight is 198 g/mol. The number of rotatable bonds is 2. The number of nitrogens with two attached hydrogens (primary N) is 1. The largest absolute Gasteiger partial charge is 0.321 e. The number of hydrogen-bond donors (Lipinski definition) is 2. The third-order valence-corrected chi connectivity index (χ3v) is 3.55. The van der Waals surface area contributed by atoms with Gasteiger partial charge in [-0.05, 0) is 25.5 Å². The Balaban J connectivity index is 2.12. The molecule has 2 heterocycles. The quantitative estimate of drug-likeness (QED) is 0.753. The molecule has 5 heteroatoms. The predicted molar refractivity (Wildman–Crippen MR) is 53.4 cm³/mol. The number of hydrogen-bond acceptors (Lipinski definition) is 4. The molecule has 0 spiro atoms. The van der Waals surface area contributed by atoms with E-state index in [1.165, 1.54) is 18.6 Å². The first kappa shape index (κ1) is 9.02. The van der Waals surface area contributed by atoms with Crippen LogP contribution in [-0.4, -0.2) is 20.9 Å². The molecule has 2 atom stereocenters. The van der Waals surface area contributed by atoms with Crippen molar-refractivity contribution >= 4 is 11.8 Å². The second kappa shape index (κ2) is 3.67. The van der Waals surface area contributed by atoms with Gasteiger partial charge in [-0.1, -0.05) is 0 Å². The summed E-state index contributed by atoms with van der Waals surface area (Å²) < 4.78 is 0. The Hall–Kier alpha value is -0.550. The number of nitrogens with zero attached hydrogens (tertiary/aromatic N) is 2. The van der Waals surface area contributed by atoms with Gasteiger partial charge in [0.25, 0.3) is 0 Å². The summed E-state index contributed by atoms with van der Waals surface area (Å²) in [5.74, 6) is 2.95. The van der Waals surface area contributed by atoms with E-state index in [4.69, 9.17) is 5.73 Å². The molecule has 1 saturated heterocycles. The highest BCUT2D eigenvalue weighted by molar-refractivity contribution is 7.99. The van der Waals surface area contributed by atoms with Crippen LogP contribution >= 0.6 is 11.8 Å². The van der Waals surface area contributed by atoms with Crippen LogP contribution < -0.4 is 5.73 Å². The second-order valence-electron chi connectivity index (χ2n) is 3.37. The fourth-order valence-electron chi connectivity index (χ4n) is 1.43. The summed E-state index contributed by atoms with van der Waals surface area (Å²) in [6, 6.07) is -0.0728. The molecule has 4 nitrogen and oxygen atoms in total. The molecular formula is C8H14N4S. The maximum Gasteiger partial charge on any atom is 0.167 e. The zero-order chi connectivity index (χ0) is 9.26. The Morgan fingerprint density at radius 2 is 2.54 bits per heavy atom. The summed E-state index contributed by atoms with van der Waals surface area (Å²) in [5, 5.41) is 7.57. The van der Waals surface area contributed by atoms with Crippen LogP contribution in [0.3, 0.4) is 0 Å². The van der Waals surface area contributed by atoms with Gasteiger partial charge in [-0.3, -0.25) is 5.10 Å². The van der Waals surface area contributed by atoms with Crippen molar-refractivity contribution in [2.75, 3.05) is 5.75 Å². The fraction of sp³-hybridized carbons (Fsp3) is 0.750. The highest BCUT2D eigenvalue weighted by Crippen LogP contribution is 2.38. The van der Waals surface area contributed by atoms with Crippen molar-refractivity contribution in [3.05, 3.63) is 11.6 Å². The molecule has 3 N–H and O–H groups in total. The maximum absolute atomic E-state index is 5.67. The van der Waals surface area contributed by atoms with E-state index in [-0.39, 0.29) is 6.04 Å². The molecule has 1 aromatic rings. The first-order valence-electron chi connectivity index (χ1n) is 4.57. The van der Waals surface area contributed by atoms with E-state index in [1.54, 1.807) is 0 Å². The molecular weight excluding hydrogens is 184 g/mol. The molecule has 72 valence electrons. The van der Waals surface area contributed by atoms with Crippen molar-refractivity contribution in [1.29, 1.82) is 0 Å². The number of nitrogens with one attached hydrogen (secondary N) is 1. The molecule has 1 aliphatic rings. The zero-order valence-electron chi connectivity index (χ0n) is 7.66. The summed E-state index contributed by atoms with van der Waals surface area (Å²) >= 11 is 1.95. The molecule has 1 aromatic heterocycles. The van der Waals surface area contributed by atoms with E-state index in [2.05, 4.69) is 15.2 Å². The lowest BCUT2D eigenvalue weighted by molar-refractivity contribution is 0.742. The minimum absolute atomic E-state index is 0.0728. The molecule has 0 aliphatic carbocycles. The number of H-pyrrole nitrogens is 1. The molecule has 1 fully saturated rings. The van der Waals surface area contributed by atoms with Gasteiger partial charge in [0.15, 0.2) is 5.82 Å². The van der Waals surface area contributed by atoms with Gasteiger partial charge in [0.2, 0.25) is 0 Å². The summed E-state index contributed by atoms with van der Waals surface area (Å²) in [6.45, 7) is 1.90. The number of aromatic nitrogens is 3. The SMILES string of the molecule is CC(N)c1n[nH]c(C2CCCS2)n1. The molecule has 0 bridgehead atoms. The molecule has 0 amide bonds. The zero-order valence-corrected chi connectivity index (χ0v) is 8.47. The average Bonchev–Trinajstić information content (AvgIpc) is 2.75. The number of thioether (sulfide) groups is 1. The fourth-order valence-corrected chi connectivity index (χ4v) is 2.64. The van der Waals surface area contributed by atoms with Crippen molar-refractivity contribution < 1.29 is 0 Å². The lowest BCUT2D eigenvalue weighted by atomic mass is 10.2. The summed E-state index contributed by atoms with van der Waals surface area (Å²) in [7, 11) is 0. The monoisotopic (exact) mass is 198 g/mol. The van der Waals surface area contributed by atoms with Crippen molar-refractivity contribution in [2.45, 2.75) is 31.1 Å². The van der Waals surface area contributed by atoms with Crippen LogP contribution in [-0.2, 0) is 0 Å². The van der Waals surface area contributed by atoms with E-state index in [0.717, 1.165) is 11.6 Å². The third-order valence-electron chi connectivity index (χ3n) is 2.16. The van der Waals surface area contributed by atoms with E-state index in [0.29, 0.717) is 5.25 Å². The van der Waals surface area contributed by atoms with Gasteiger partial charge in [-0.2, -0.15) is 16.9 Å². The first-order chi connectivity index (χ1) is 6.27. The maximum atomic E-state index is 5.67. The summed E-state index contributed by atoms with van der Waals surface area (Å²) in [4.78, 5) is 4.38. The van der Waals surface area contributed by atoms with E-state index in [9.17, 15) is 0 Å². The lowest BCUT2D eigenvalue weighted by Gasteiger charge is -2.01. The van der Waals surface area contributed by atoms with Crippen LogP contribution in [0.2, 0.25) is 0 Å². The smallest absolute Gasteiger partial charge is 0.167 e. The Morgan fingerprint density at radius 3 is 3.08 bits per heavy atom. The molecule has 2 rings (SSSR count). The van der Waals surface area contributed by atoms with E-state index < -0.39 is 0 Å². The summed E-state index contributed by atoms with van der Waals surface area (Å²) in [5.41, 5.74) is 5.67. The van der Waals surface area contributed by atoms with Crippen LogP contribution in [0, 0.1) is 0 Å². The Morgan fingerprint density at radius 1 is 1.69 bits per heavy atom. The minimum atomic E-state index is -0.0728. The highest BCUT2D eigenvalue weighted by Gasteiger charge is 2.21. The molecule has 0 aromatic carbocycles. The number of aromatic amines is 1. The van der Waals surface area contributed by atoms with Crippen LogP contribution in [0.15, 0.2) is 0 Å². The van der Waals surface area contributed by atoms with Gasteiger partial charge in [0.05, 0.1) is 11.3 Å². The van der Waals surface area contributed by atoms with Gasteiger partial charge in [0, 0.05) is 0 Å². The van der Waals surface area contributed by atoms with Gasteiger partial charge in [-0.25, -0.2) is 4.98 Å². The topological polar surface area (TPSA) is 67.6 Å². The third kappa shape index (κ3) is 1.86. The Labute approximate surface area is 81.7 Å². The van der Waals surface area contributed by atoms with Crippen LogP contribution in [0.25, 0.3) is 0 Å². The van der Waals surface area contributed by atoms with Crippen molar-refractivity contribution in [3.8, 4) is 0 Å². The molecule has 2 unspecified atom stereocenters.